The molecule has 41 heteroatoms. The number of unbranched alkanes of at least 4 members (excludes halogenated alkanes) is 3. The number of hydrogen-bond acceptors (Lipinski definition) is 29. The largest absolute Gasteiger partial charge is 0.456 e. The van der Waals surface area contributed by atoms with Crippen LogP contribution in [0.25, 0.3) is 10.4 Å². The average Bonchev–Trinajstić information content (AvgIpc) is 1.51. The van der Waals surface area contributed by atoms with Crippen LogP contribution in [0.2, 0.25) is 0 Å². The van der Waals surface area contributed by atoms with Crippen LogP contribution in [0.15, 0.2) is 108 Å². The van der Waals surface area contributed by atoms with Gasteiger partial charge in [-0.1, -0.05) is 136 Å². The van der Waals surface area contributed by atoms with Crippen molar-refractivity contribution >= 4 is 106 Å². The monoisotopic (exact) mass is 1970 g/mol. The van der Waals surface area contributed by atoms with Crippen LogP contribution in [0.1, 0.15) is 215 Å². The maximum Gasteiger partial charge on any atom is 0.340 e. The van der Waals surface area contributed by atoms with Crippen LogP contribution in [0, 0.1) is 23.7 Å². The third-order valence-corrected chi connectivity index (χ3v) is 28.5. The van der Waals surface area contributed by atoms with E-state index in [2.05, 4.69) is 52.6 Å². The number of cyclic esters (lactones) is 2. The molecule has 0 bridgehead atoms. The molecule has 10 amide bonds. The summed E-state index contributed by atoms with van der Waals surface area (Å²) in [6, 6.07) is 15.5. The number of esters is 3. The predicted octanol–water partition coefficient (Wildman–Crippen LogP) is 4.95. The Labute approximate surface area is 823 Å². The number of rotatable bonds is 20. The van der Waals surface area contributed by atoms with Crippen molar-refractivity contribution in [2.24, 2.45) is 28.8 Å². The number of amides is 10. The number of piperidine rings is 2. The van der Waals surface area contributed by atoms with Crippen molar-refractivity contribution in [1.82, 2.24) is 51.5 Å². The number of aliphatic hydroxyl groups is 6. The van der Waals surface area contributed by atoms with Gasteiger partial charge in [0, 0.05) is 153 Å². The molecule has 20 atom stereocenters. The quantitative estimate of drug-likeness (QED) is 0.00932. The van der Waals surface area contributed by atoms with Gasteiger partial charge in [0.1, 0.15) is 95.5 Å². The highest BCUT2D eigenvalue weighted by molar-refractivity contribution is 6.04. The van der Waals surface area contributed by atoms with Crippen molar-refractivity contribution in [3.05, 3.63) is 153 Å². The lowest BCUT2D eigenvalue weighted by molar-refractivity contribution is -0.170. The first kappa shape index (κ1) is 106. The van der Waals surface area contributed by atoms with Gasteiger partial charge in [-0.3, -0.25) is 52.7 Å². The van der Waals surface area contributed by atoms with E-state index < -0.39 is 227 Å². The molecule has 0 unspecified atom stereocenters. The second-order valence-electron chi connectivity index (χ2n) is 40.2. The van der Waals surface area contributed by atoms with Crippen molar-refractivity contribution in [2.75, 3.05) is 68.3 Å². The summed E-state index contributed by atoms with van der Waals surface area (Å²) in [5, 5.41) is 94.4. The second kappa shape index (κ2) is 43.4. The van der Waals surface area contributed by atoms with Gasteiger partial charge in [-0.05, 0) is 124 Å². The number of ether oxygens (including phenoxy) is 4. The summed E-state index contributed by atoms with van der Waals surface area (Å²) in [6.07, 6.45) is -9.95. The van der Waals surface area contributed by atoms with E-state index in [0.29, 0.717) is 70.0 Å². The predicted molar refractivity (Wildman–Crippen MR) is 517 cm³/mol. The fourth-order valence-corrected chi connectivity index (χ4v) is 20.7. The Balaban J connectivity index is 0.000000258. The topological polar surface area (TPSA) is 562 Å². The summed E-state index contributed by atoms with van der Waals surface area (Å²) in [4.78, 5) is 213. The molecule has 5 aromatic rings. The van der Waals surface area contributed by atoms with Gasteiger partial charge in [-0.25, -0.2) is 14.4 Å². The van der Waals surface area contributed by atoms with Gasteiger partial charge in [-0.2, -0.15) is 0 Å². The van der Waals surface area contributed by atoms with E-state index >= 15 is 4.79 Å². The molecule has 0 saturated carbocycles. The zero-order valence-corrected chi connectivity index (χ0v) is 81.6. The lowest BCUT2D eigenvalue weighted by atomic mass is 9.77. The number of aliphatic hydroxyl groups excluding tert-OH is 4. The van der Waals surface area contributed by atoms with Crippen molar-refractivity contribution in [3.8, 4) is 11.5 Å². The number of hydrogen-bond donors (Lipinski definition) is 14. The number of Topliss-reactive ketones (excluding diaryl/α,β-unsaturated/α-hetero) is 1. The Morgan fingerprint density at radius 3 is 1.30 bits per heavy atom. The maximum absolute atomic E-state index is 15.1. The molecule has 14 N–H and O–H groups in total. The summed E-state index contributed by atoms with van der Waals surface area (Å²) in [6.45, 7) is 15.7. The van der Waals surface area contributed by atoms with Crippen LogP contribution in [0.4, 0.5) is 22.7 Å². The van der Waals surface area contributed by atoms with Crippen molar-refractivity contribution in [3.63, 3.8) is 0 Å². The molecule has 41 nitrogen and oxygen atoms in total. The smallest absolute Gasteiger partial charge is 0.340 e. The fourth-order valence-electron chi connectivity index (χ4n) is 20.7. The van der Waals surface area contributed by atoms with Crippen LogP contribution < -0.4 is 57.1 Å². The molecule has 0 aliphatic carbocycles. The van der Waals surface area contributed by atoms with E-state index in [0.717, 1.165) is 21.2 Å². The molecule has 5 aromatic carbocycles. The first-order chi connectivity index (χ1) is 66.8. The highest BCUT2D eigenvalue weighted by Crippen LogP contribution is 2.58. The SMILES string of the molecule is C.CC(C)[C@@H]1OC(=O)[C@@H](C(C)C)NC(=O)[C@@H]2C[C@@]3(O)c4ccccc4N[C@H]3N2C(=O)[C@@H]([C@H](C)O)NC(=O)[C@H](CCCCCC(=O)c2ccc3c(c2)C(=O)OC32c3ccc(N(C)C)cc3Oc3cc(N(C)C)ccc32)NC(=O)[C@H]2C[C@@H](O)CCN2C1=O.CC(C)[C@@H]1OC(=O)[C@@H](C(C)C)NC(=O)[C@@H]2C[C@@]3(O)c4ccccc4N[C@H]3N2C(=O)[C@@H]([C@H](C)O)NC(=O)[C@H](CCCCN=[N+]=[N-])NC(=O)[C@H]2C[C@@H](O)CCN2C1=O. The number of nitrogens with one attached hydrogen (secondary N) is 8. The first-order valence-electron chi connectivity index (χ1n) is 48.4. The average molecular weight is 1970 g/mol. The molecule has 15 rings (SSSR count). The van der Waals surface area contributed by atoms with Crippen molar-refractivity contribution in [2.45, 2.75) is 293 Å². The van der Waals surface area contributed by atoms with Crippen LogP contribution in [-0.4, -0.2) is 290 Å². The summed E-state index contributed by atoms with van der Waals surface area (Å²) >= 11 is 0. The standard InChI is InChI=1S/C63H76N8O14.C37H53N9O10.CH4/c1-32(2)51-60(81)84-53(33(3)4)58(79)70-26-25-38(73)30-46(70)55(76)64-45(54(75)67-52(34(5)72)57(78)71-47(56(77)66-51)31-62(82)41-15-13-14-16-44(41)65-61(62)71)17-11-10-12-18-48(74)35-19-22-40-39(27-35)59(80)85-63(40)42-23-20-36(68(6)7)28-49(42)83-50-29-37(69(8)9)21-24-43(50)63;1-18(2)27-35(54)56-29(19(3)4)34(53)45-15-13-21(48)16-25(45)31(50)40-24(12-8-9-14-39-44-38)30(49)43-28(20(5)47)33(52)46-26(32(51)42-27)17-37(55)22-10-6-7-11-23(22)41-36(37)46;/h13-16,19-24,27-29,32-34,38,45-47,51-53,61,65,72-73,82H,10-12,17-18,25-26,30-31H2,1-9H3,(H,64,76)(H,66,77)(H,67,75);6-7,10-11,18-21,24-29,36,41,47-48,55H,8-9,12-17H2,1-5H3,(H,40,50)(H,42,51)(H,43,49);1H4/t34-,38-,45-,46+,47-,51+,52+,53-,61-,62+;20-,21-,24-,25+,26-,27+,28+,29-,36-,37+;/m00./s1. The van der Waals surface area contributed by atoms with Gasteiger partial charge in [0.25, 0.3) is 11.8 Å². The highest BCUT2D eigenvalue weighted by Gasteiger charge is 2.64. The van der Waals surface area contributed by atoms with Gasteiger partial charge in [0.2, 0.25) is 47.3 Å². The summed E-state index contributed by atoms with van der Waals surface area (Å²) in [7, 11) is 7.67. The lowest BCUT2D eigenvalue weighted by Gasteiger charge is -2.40. The van der Waals surface area contributed by atoms with E-state index in [1.54, 1.807) is 122 Å². The molecule has 6 fully saturated rings. The zero-order valence-electron chi connectivity index (χ0n) is 81.6. The Bertz CT molecular complexity index is 5670. The molecule has 10 heterocycles. The Kier molecular flexibility index (Phi) is 32.5. The lowest BCUT2D eigenvalue weighted by Crippen LogP contribution is -2.64. The zero-order chi connectivity index (χ0) is 102. The van der Waals surface area contributed by atoms with Crippen LogP contribution in [0.3, 0.4) is 0 Å². The van der Waals surface area contributed by atoms with Gasteiger partial charge in [-0.15, -0.1) is 0 Å². The molecule has 6 saturated heterocycles. The van der Waals surface area contributed by atoms with Crippen molar-refractivity contribution in [1.29, 1.82) is 0 Å². The molecular formula is C101H133N17O24. The minimum absolute atomic E-state index is 0. The Morgan fingerprint density at radius 1 is 0.479 bits per heavy atom. The van der Waals surface area contributed by atoms with E-state index in [-0.39, 0.29) is 115 Å². The first-order valence-corrected chi connectivity index (χ1v) is 48.4. The summed E-state index contributed by atoms with van der Waals surface area (Å²) in [5.41, 5.74) is 9.55. The van der Waals surface area contributed by atoms with Gasteiger partial charge >= 0.3 is 17.9 Å². The third kappa shape index (κ3) is 21.0. The number of nitrogens with zero attached hydrogens (tertiary/aromatic N) is 9. The molecule has 10 aliphatic rings. The van der Waals surface area contributed by atoms with Gasteiger partial charge in [0.15, 0.2) is 23.6 Å². The van der Waals surface area contributed by atoms with E-state index in [1.165, 1.54) is 23.6 Å². The fraction of sp³-hybridized carbons (Fsp3) is 0.564. The minimum atomic E-state index is -1.86. The molecule has 0 radical (unpaired) electrons. The summed E-state index contributed by atoms with van der Waals surface area (Å²) < 4.78 is 24.7. The summed E-state index contributed by atoms with van der Waals surface area (Å²) in [5.74, 6) is -12.5. The third-order valence-electron chi connectivity index (χ3n) is 28.5. The number of azide groups is 1. The second-order valence-corrected chi connectivity index (χ2v) is 40.2. The highest BCUT2D eigenvalue weighted by atomic mass is 16.6. The van der Waals surface area contributed by atoms with Gasteiger partial charge in [0.05, 0.1) is 30.0 Å². The molecule has 766 valence electrons. The van der Waals surface area contributed by atoms with E-state index in [1.807, 2.05) is 74.4 Å². The Morgan fingerprint density at radius 2 is 0.887 bits per heavy atom. The van der Waals surface area contributed by atoms with Crippen LogP contribution in [-0.2, 0) is 88.5 Å². The number of anilines is 4. The molecule has 0 aromatic heterocycles. The molecule has 10 aliphatic heterocycles. The van der Waals surface area contributed by atoms with E-state index in [9.17, 15) is 93.0 Å². The number of benzene rings is 5. The van der Waals surface area contributed by atoms with Crippen LogP contribution >= 0.6 is 0 Å². The number of fused-ring (bicyclic) bond motifs is 18. The maximum atomic E-state index is 15.1. The van der Waals surface area contributed by atoms with E-state index in [4.69, 9.17) is 24.5 Å². The number of carbonyl (C=O) groups excluding carboxylic acids is 14. The molecule has 142 heavy (non-hydrogen) atoms. The number of para-hydroxylation sites is 2. The minimum Gasteiger partial charge on any atom is -0.456 e. The van der Waals surface area contributed by atoms with Crippen LogP contribution in [0.5, 0.6) is 11.5 Å². The number of carbonyl (C=O) groups is 14. The van der Waals surface area contributed by atoms with Gasteiger partial charge < -0.3 is 122 Å². The molecular weight excluding hydrogens is 1840 g/mol. The number of ketones is 1. The molecule has 1 spiro atoms. The normalized spacial score (nSPS) is 28.5. The Hall–Kier alpha value is -13.0. The van der Waals surface area contributed by atoms with Crippen molar-refractivity contribution < 1.29 is 117 Å².